The predicted molar refractivity (Wildman–Crippen MR) is 105 cm³/mol. The van der Waals surface area contributed by atoms with Gasteiger partial charge in [-0.05, 0) is 49.2 Å². The van der Waals surface area contributed by atoms with Crippen LogP contribution in [-0.4, -0.2) is 11.2 Å². The van der Waals surface area contributed by atoms with Crippen LogP contribution in [0.15, 0.2) is 59.7 Å². The van der Waals surface area contributed by atoms with Crippen molar-refractivity contribution >= 4 is 22.8 Å². The summed E-state index contributed by atoms with van der Waals surface area (Å²) in [4.78, 5) is 4.91. The standard InChI is InChI=1S/C22H22FN3/c23-18-10-12-19(13-11-18)26-24-15-17-14-22(16-6-2-1-3-7-16)25-21-9-5-4-8-20(17)21/h4-5,8-16,26H,1-3,6-7H2/b24-15+. The van der Waals surface area contributed by atoms with Gasteiger partial charge in [0, 0.05) is 22.6 Å². The second-order valence-corrected chi connectivity index (χ2v) is 6.87. The monoisotopic (exact) mass is 347 g/mol. The Kier molecular flexibility index (Phi) is 4.91. The van der Waals surface area contributed by atoms with Crippen LogP contribution in [0.25, 0.3) is 10.9 Å². The van der Waals surface area contributed by atoms with Crippen molar-refractivity contribution in [1.82, 2.24) is 4.98 Å². The number of hydrazone groups is 1. The number of anilines is 1. The molecule has 0 unspecified atom stereocenters. The van der Waals surface area contributed by atoms with Gasteiger partial charge in [-0.1, -0.05) is 37.5 Å². The third kappa shape index (κ3) is 3.74. The number of nitrogens with zero attached hydrogens (tertiary/aromatic N) is 2. The molecule has 1 aliphatic carbocycles. The minimum Gasteiger partial charge on any atom is -0.279 e. The van der Waals surface area contributed by atoms with E-state index in [2.05, 4.69) is 28.7 Å². The summed E-state index contributed by atoms with van der Waals surface area (Å²) < 4.78 is 13.0. The summed E-state index contributed by atoms with van der Waals surface area (Å²) in [6.07, 6.45) is 8.18. The Labute approximate surface area is 153 Å². The van der Waals surface area contributed by atoms with Crippen LogP contribution in [0.5, 0.6) is 0 Å². The molecule has 3 nitrogen and oxygen atoms in total. The molecule has 4 heteroatoms. The molecule has 1 aliphatic rings. The lowest BCUT2D eigenvalue weighted by molar-refractivity contribution is 0.437. The van der Waals surface area contributed by atoms with Gasteiger partial charge < -0.3 is 0 Å². The summed E-state index contributed by atoms with van der Waals surface area (Å²) >= 11 is 0. The number of hydrogen-bond acceptors (Lipinski definition) is 3. The number of fused-ring (bicyclic) bond motifs is 1. The van der Waals surface area contributed by atoms with Crippen molar-refractivity contribution in [2.24, 2.45) is 5.10 Å². The van der Waals surface area contributed by atoms with Crippen LogP contribution in [0.2, 0.25) is 0 Å². The molecule has 132 valence electrons. The first-order chi connectivity index (χ1) is 12.8. The average Bonchev–Trinajstić information content (AvgIpc) is 2.70. The summed E-state index contributed by atoms with van der Waals surface area (Å²) in [6, 6.07) is 16.5. The molecule has 4 rings (SSSR count). The molecule has 2 aromatic carbocycles. The Balaban J connectivity index is 1.63. The van der Waals surface area contributed by atoms with Gasteiger partial charge in [-0.25, -0.2) is 4.39 Å². The van der Waals surface area contributed by atoms with Crippen LogP contribution < -0.4 is 5.43 Å². The fraction of sp³-hybridized carbons (Fsp3) is 0.273. The van der Waals surface area contributed by atoms with Crippen LogP contribution in [0.4, 0.5) is 10.1 Å². The molecule has 1 N–H and O–H groups in total. The van der Waals surface area contributed by atoms with Crippen molar-refractivity contribution in [3.05, 3.63) is 71.7 Å². The first-order valence-electron chi connectivity index (χ1n) is 9.24. The smallest absolute Gasteiger partial charge is 0.123 e. The summed E-state index contributed by atoms with van der Waals surface area (Å²) in [5, 5.41) is 5.45. The van der Waals surface area contributed by atoms with Crippen LogP contribution in [0.3, 0.4) is 0 Å². The van der Waals surface area contributed by atoms with E-state index < -0.39 is 0 Å². The highest BCUT2D eigenvalue weighted by Gasteiger charge is 2.18. The minimum atomic E-state index is -0.253. The zero-order chi connectivity index (χ0) is 17.8. The molecule has 1 fully saturated rings. The number of nitrogens with one attached hydrogen (secondary N) is 1. The molecule has 1 heterocycles. The highest BCUT2D eigenvalue weighted by atomic mass is 19.1. The number of benzene rings is 2. The normalized spacial score (nSPS) is 15.6. The lowest BCUT2D eigenvalue weighted by Gasteiger charge is -2.21. The van der Waals surface area contributed by atoms with E-state index in [1.54, 1.807) is 12.1 Å². The number of pyridine rings is 1. The largest absolute Gasteiger partial charge is 0.279 e. The van der Waals surface area contributed by atoms with Gasteiger partial charge in [0.15, 0.2) is 0 Å². The van der Waals surface area contributed by atoms with E-state index in [1.165, 1.54) is 49.9 Å². The van der Waals surface area contributed by atoms with E-state index in [4.69, 9.17) is 4.98 Å². The number of aromatic nitrogens is 1. The van der Waals surface area contributed by atoms with Gasteiger partial charge in [0.2, 0.25) is 0 Å². The number of para-hydroxylation sites is 1. The average molecular weight is 347 g/mol. The molecule has 26 heavy (non-hydrogen) atoms. The Morgan fingerprint density at radius 2 is 1.77 bits per heavy atom. The van der Waals surface area contributed by atoms with Gasteiger partial charge in [-0.15, -0.1) is 0 Å². The van der Waals surface area contributed by atoms with Crippen molar-refractivity contribution in [1.29, 1.82) is 0 Å². The molecule has 0 bridgehead atoms. The predicted octanol–water partition coefficient (Wildman–Crippen LogP) is 5.87. The lowest BCUT2D eigenvalue weighted by Crippen LogP contribution is -2.07. The van der Waals surface area contributed by atoms with Gasteiger partial charge in [0.05, 0.1) is 17.4 Å². The Morgan fingerprint density at radius 3 is 2.58 bits per heavy atom. The fourth-order valence-electron chi connectivity index (χ4n) is 3.64. The molecular weight excluding hydrogens is 325 g/mol. The Morgan fingerprint density at radius 1 is 1.00 bits per heavy atom. The zero-order valence-corrected chi connectivity index (χ0v) is 14.7. The quantitative estimate of drug-likeness (QED) is 0.473. The van der Waals surface area contributed by atoms with Gasteiger partial charge in [-0.2, -0.15) is 5.10 Å². The summed E-state index contributed by atoms with van der Waals surface area (Å²) in [5.74, 6) is 0.294. The highest BCUT2D eigenvalue weighted by Crippen LogP contribution is 2.33. The van der Waals surface area contributed by atoms with Crippen molar-refractivity contribution in [2.45, 2.75) is 38.0 Å². The molecular formula is C22H22FN3. The molecule has 0 saturated heterocycles. The molecule has 0 aliphatic heterocycles. The molecule has 1 saturated carbocycles. The second-order valence-electron chi connectivity index (χ2n) is 6.87. The molecule has 1 aromatic heterocycles. The maximum absolute atomic E-state index is 13.0. The summed E-state index contributed by atoms with van der Waals surface area (Å²) in [5.41, 5.74) is 6.97. The van der Waals surface area contributed by atoms with Crippen molar-refractivity contribution in [3.8, 4) is 0 Å². The van der Waals surface area contributed by atoms with E-state index in [-0.39, 0.29) is 5.82 Å². The fourth-order valence-corrected chi connectivity index (χ4v) is 3.64. The maximum Gasteiger partial charge on any atom is 0.123 e. The topological polar surface area (TPSA) is 37.3 Å². The van der Waals surface area contributed by atoms with Gasteiger partial charge in [0.1, 0.15) is 5.82 Å². The molecule has 0 radical (unpaired) electrons. The second kappa shape index (κ2) is 7.65. The number of hydrogen-bond donors (Lipinski definition) is 1. The highest BCUT2D eigenvalue weighted by molar-refractivity contribution is 5.98. The number of rotatable bonds is 4. The Bertz CT molecular complexity index is 912. The lowest BCUT2D eigenvalue weighted by atomic mass is 9.86. The van der Waals surface area contributed by atoms with E-state index >= 15 is 0 Å². The van der Waals surface area contributed by atoms with Crippen molar-refractivity contribution in [2.75, 3.05) is 5.43 Å². The van der Waals surface area contributed by atoms with Gasteiger partial charge in [0.25, 0.3) is 0 Å². The number of halogens is 1. The first kappa shape index (κ1) is 16.7. The zero-order valence-electron chi connectivity index (χ0n) is 14.7. The van der Waals surface area contributed by atoms with Gasteiger partial charge >= 0.3 is 0 Å². The van der Waals surface area contributed by atoms with E-state index in [0.29, 0.717) is 5.92 Å². The SMILES string of the molecule is Fc1ccc(N/N=C/c2cc(C3CCCCC3)nc3ccccc23)cc1. The van der Waals surface area contributed by atoms with Crippen LogP contribution in [0, 0.1) is 5.82 Å². The van der Waals surface area contributed by atoms with Crippen molar-refractivity contribution < 1.29 is 4.39 Å². The van der Waals surface area contributed by atoms with E-state index in [9.17, 15) is 4.39 Å². The third-order valence-electron chi connectivity index (χ3n) is 5.03. The minimum absolute atomic E-state index is 0.253. The molecule has 3 aromatic rings. The molecule has 0 amide bonds. The molecule has 0 atom stereocenters. The summed E-state index contributed by atoms with van der Waals surface area (Å²) in [7, 11) is 0. The summed E-state index contributed by atoms with van der Waals surface area (Å²) in [6.45, 7) is 0. The third-order valence-corrected chi connectivity index (χ3v) is 5.03. The Hall–Kier alpha value is -2.75. The van der Waals surface area contributed by atoms with Gasteiger partial charge in [-0.3, -0.25) is 10.4 Å². The van der Waals surface area contributed by atoms with E-state index in [0.717, 1.165) is 22.2 Å². The van der Waals surface area contributed by atoms with Crippen LogP contribution >= 0.6 is 0 Å². The maximum atomic E-state index is 13.0. The van der Waals surface area contributed by atoms with Crippen LogP contribution in [0.1, 0.15) is 49.3 Å². The van der Waals surface area contributed by atoms with Crippen LogP contribution in [-0.2, 0) is 0 Å². The molecule has 0 spiro atoms. The first-order valence-corrected chi connectivity index (χ1v) is 9.24. The van der Waals surface area contributed by atoms with E-state index in [1.807, 2.05) is 18.3 Å². The van der Waals surface area contributed by atoms with Crippen molar-refractivity contribution in [3.63, 3.8) is 0 Å².